The lowest BCUT2D eigenvalue weighted by Crippen LogP contribution is -2.04. The van der Waals surface area contributed by atoms with Gasteiger partial charge in [-0.2, -0.15) is 0 Å². The number of imidazole rings is 1. The van der Waals surface area contributed by atoms with Gasteiger partial charge in [0.1, 0.15) is 0 Å². The molecule has 1 N–H and O–H groups in total. The van der Waals surface area contributed by atoms with Crippen LogP contribution >= 0.6 is 50.9 Å². The molecule has 1 aromatic carbocycles. The first-order valence-corrected chi connectivity index (χ1v) is 7.97. The number of halogens is 3. The van der Waals surface area contributed by atoms with Gasteiger partial charge in [-0.15, -0.1) is 0 Å². The van der Waals surface area contributed by atoms with Crippen molar-refractivity contribution in [1.29, 1.82) is 0 Å². The topological polar surface area (TPSA) is 55.1 Å². The summed E-state index contributed by atoms with van der Waals surface area (Å²) in [6, 6.07) is 3.46. The minimum absolute atomic E-state index is 0.0811. The molecule has 1 heterocycles. The molecule has 0 bridgehead atoms. The van der Waals surface area contributed by atoms with Gasteiger partial charge in [-0.1, -0.05) is 50.9 Å². The number of carbonyl (C=O) groups is 1. The molecule has 0 saturated carbocycles. The molecule has 0 spiro atoms. The summed E-state index contributed by atoms with van der Waals surface area (Å²) in [6.07, 6.45) is 1.65. The first-order valence-electron chi connectivity index (χ1n) is 5.44. The Balaban J connectivity index is 2.52. The molecule has 0 fully saturated rings. The summed E-state index contributed by atoms with van der Waals surface area (Å²) in [5.74, 6) is -0.988. The molecule has 0 aliphatic rings. The first-order chi connectivity index (χ1) is 9.40. The Morgan fingerprint density at radius 3 is 2.60 bits per heavy atom. The van der Waals surface area contributed by atoms with Gasteiger partial charge in [-0.3, -0.25) is 9.36 Å². The molecule has 0 aliphatic heterocycles. The largest absolute Gasteiger partial charge is 0.481 e. The van der Waals surface area contributed by atoms with E-state index >= 15 is 0 Å². The maximum absolute atomic E-state index is 10.7. The molecule has 1 aromatic heterocycles. The van der Waals surface area contributed by atoms with E-state index in [1.807, 2.05) is 6.92 Å². The Morgan fingerprint density at radius 1 is 1.45 bits per heavy atom. The van der Waals surface area contributed by atoms with Crippen LogP contribution in [0.2, 0.25) is 10.0 Å². The number of aliphatic carboxylic acids is 1. The van der Waals surface area contributed by atoms with Gasteiger partial charge in [0.2, 0.25) is 0 Å². The monoisotopic (exact) mass is 394 g/mol. The summed E-state index contributed by atoms with van der Waals surface area (Å²) in [5.41, 5.74) is 1.42. The van der Waals surface area contributed by atoms with Crippen LogP contribution < -0.4 is 0 Å². The number of rotatable bonds is 4. The second kappa shape index (κ2) is 6.39. The highest BCUT2D eigenvalue weighted by molar-refractivity contribution is 9.10. The highest BCUT2D eigenvalue weighted by Crippen LogP contribution is 2.35. The van der Waals surface area contributed by atoms with Crippen molar-refractivity contribution in [2.45, 2.75) is 12.1 Å². The molecular formula is C12H9BrCl2N2O2S. The smallest absolute Gasteiger partial charge is 0.313 e. The van der Waals surface area contributed by atoms with Gasteiger partial charge in [0.25, 0.3) is 0 Å². The minimum Gasteiger partial charge on any atom is -0.481 e. The Labute approximate surface area is 138 Å². The number of carboxylic acid groups (broad SMARTS) is 1. The maximum atomic E-state index is 10.7. The molecule has 0 radical (unpaired) electrons. The predicted molar refractivity (Wildman–Crippen MR) is 84.4 cm³/mol. The molecule has 0 amide bonds. The zero-order valence-corrected chi connectivity index (χ0v) is 14.1. The normalized spacial score (nSPS) is 10.8. The number of benzene rings is 1. The third-order valence-corrected chi connectivity index (χ3v) is 4.41. The van der Waals surface area contributed by atoms with Crippen molar-refractivity contribution in [3.8, 4) is 5.69 Å². The van der Waals surface area contributed by atoms with Crippen LogP contribution in [0.3, 0.4) is 0 Å². The van der Waals surface area contributed by atoms with Gasteiger partial charge in [-0.05, 0) is 19.1 Å². The van der Waals surface area contributed by atoms with Crippen LogP contribution in [-0.4, -0.2) is 26.4 Å². The highest BCUT2D eigenvalue weighted by atomic mass is 79.9. The lowest BCUT2D eigenvalue weighted by atomic mass is 10.3. The zero-order valence-electron chi connectivity index (χ0n) is 10.2. The molecule has 2 aromatic rings. The number of hydrogen-bond donors (Lipinski definition) is 1. The van der Waals surface area contributed by atoms with Gasteiger partial charge in [0, 0.05) is 16.4 Å². The summed E-state index contributed by atoms with van der Waals surface area (Å²) in [7, 11) is 0. The Kier molecular flexibility index (Phi) is 5.01. The van der Waals surface area contributed by atoms with Crippen molar-refractivity contribution in [1.82, 2.24) is 9.55 Å². The molecule has 8 heteroatoms. The van der Waals surface area contributed by atoms with E-state index in [4.69, 9.17) is 28.3 Å². The van der Waals surface area contributed by atoms with Gasteiger partial charge in [-0.25, -0.2) is 4.98 Å². The second-order valence-electron chi connectivity index (χ2n) is 3.92. The molecule has 4 nitrogen and oxygen atoms in total. The molecular weight excluding hydrogens is 387 g/mol. The zero-order chi connectivity index (χ0) is 14.9. The van der Waals surface area contributed by atoms with Gasteiger partial charge < -0.3 is 5.11 Å². The standard InChI is InChI=1S/C12H9BrCl2N2O2S/c1-6-4-16-12(20-5-10(18)19)17(6)11-8(14)2-7(13)3-9(11)15/h2-4H,5H2,1H3,(H,18,19). The molecule has 106 valence electrons. The summed E-state index contributed by atoms with van der Waals surface area (Å²) in [6.45, 7) is 1.85. The van der Waals surface area contributed by atoms with Crippen molar-refractivity contribution >= 4 is 56.9 Å². The molecule has 0 atom stereocenters. The fraction of sp³-hybridized carbons (Fsp3) is 0.167. The van der Waals surface area contributed by atoms with Crippen LogP contribution in [-0.2, 0) is 4.79 Å². The van der Waals surface area contributed by atoms with E-state index in [2.05, 4.69) is 20.9 Å². The van der Waals surface area contributed by atoms with Crippen molar-refractivity contribution < 1.29 is 9.90 Å². The highest BCUT2D eigenvalue weighted by Gasteiger charge is 2.17. The van der Waals surface area contributed by atoms with E-state index in [1.54, 1.807) is 22.9 Å². The first kappa shape index (κ1) is 15.7. The Morgan fingerprint density at radius 2 is 2.05 bits per heavy atom. The van der Waals surface area contributed by atoms with Crippen LogP contribution in [0.4, 0.5) is 0 Å². The number of aryl methyl sites for hydroxylation is 1. The lowest BCUT2D eigenvalue weighted by Gasteiger charge is -2.13. The van der Waals surface area contributed by atoms with E-state index in [0.29, 0.717) is 20.9 Å². The van der Waals surface area contributed by atoms with Crippen molar-refractivity contribution in [3.05, 3.63) is 38.5 Å². The van der Waals surface area contributed by atoms with Crippen molar-refractivity contribution in [3.63, 3.8) is 0 Å². The third kappa shape index (κ3) is 3.31. The SMILES string of the molecule is Cc1cnc(SCC(=O)O)n1-c1c(Cl)cc(Br)cc1Cl. The average Bonchev–Trinajstić information content (AvgIpc) is 2.67. The van der Waals surface area contributed by atoms with Crippen LogP contribution in [0.25, 0.3) is 5.69 Å². The fourth-order valence-corrected chi connectivity index (χ4v) is 3.78. The lowest BCUT2D eigenvalue weighted by molar-refractivity contribution is -0.133. The number of aromatic nitrogens is 2. The average molecular weight is 396 g/mol. The van der Waals surface area contributed by atoms with Gasteiger partial charge in [0.05, 0.1) is 21.5 Å². The summed E-state index contributed by atoms with van der Waals surface area (Å²) >= 11 is 16.9. The molecule has 0 unspecified atom stereocenters. The predicted octanol–water partition coefficient (Wildman–Crippen LogP) is 4.43. The quantitative estimate of drug-likeness (QED) is 0.778. The van der Waals surface area contributed by atoms with E-state index < -0.39 is 5.97 Å². The van der Waals surface area contributed by atoms with Crippen molar-refractivity contribution in [2.24, 2.45) is 0 Å². The van der Waals surface area contributed by atoms with E-state index in [1.165, 1.54) is 0 Å². The Hall–Kier alpha value is -0.690. The molecule has 2 rings (SSSR count). The fourth-order valence-electron chi connectivity index (χ4n) is 1.66. The molecule has 20 heavy (non-hydrogen) atoms. The van der Waals surface area contributed by atoms with E-state index in [9.17, 15) is 4.79 Å². The van der Waals surface area contributed by atoms with Crippen molar-refractivity contribution in [2.75, 3.05) is 5.75 Å². The molecule has 0 saturated heterocycles. The maximum Gasteiger partial charge on any atom is 0.313 e. The summed E-state index contributed by atoms with van der Waals surface area (Å²) in [4.78, 5) is 14.9. The van der Waals surface area contributed by atoms with Crippen LogP contribution in [0.5, 0.6) is 0 Å². The molecule has 0 aliphatic carbocycles. The van der Waals surface area contributed by atoms with E-state index in [-0.39, 0.29) is 5.75 Å². The summed E-state index contributed by atoms with van der Waals surface area (Å²) < 4.78 is 2.53. The number of nitrogens with zero attached hydrogens (tertiary/aromatic N) is 2. The van der Waals surface area contributed by atoms with Gasteiger partial charge >= 0.3 is 5.97 Å². The van der Waals surface area contributed by atoms with Crippen LogP contribution in [0, 0.1) is 6.92 Å². The number of thioether (sulfide) groups is 1. The van der Waals surface area contributed by atoms with Crippen LogP contribution in [0.15, 0.2) is 28.0 Å². The number of carboxylic acids is 1. The van der Waals surface area contributed by atoms with E-state index in [0.717, 1.165) is 21.9 Å². The summed E-state index contributed by atoms with van der Waals surface area (Å²) in [5, 5.41) is 10.2. The second-order valence-corrected chi connectivity index (χ2v) is 6.59. The van der Waals surface area contributed by atoms with Crippen LogP contribution in [0.1, 0.15) is 5.69 Å². The minimum atomic E-state index is -0.907. The third-order valence-electron chi connectivity index (χ3n) is 2.44. The Bertz CT molecular complexity index is 652. The number of hydrogen-bond acceptors (Lipinski definition) is 3. The van der Waals surface area contributed by atoms with Gasteiger partial charge in [0.15, 0.2) is 5.16 Å².